The minimum Gasteiger partial charge on any atom is -0.391 e. The van der Waals surface area contributed by atoms with Crippen LogP contribution in [0.5, 0.6) is 0 Å². The second-order valence-electron chi connectivity index (χ2n) is 3.10. The smallest absolute Gasteiger partial charge is 0.142 e. The molecular formula is C10H9BrFNO. The Balaban J connectivity index is 2.22. The Morgan fingerprint density at radius 3 is 2.93 bits per heavy atom. The molecule has 74 valence electrons. The third-order valence-corrected chi connectivity index (χ3v) is 2.81. The van der Waals surface area contributed by atoms with E-state index in [0.717, 1.165) is 0 Å². The molecule has 0 N–H and O–H groups in total. The van der Waals surface area contributed by atoms with Gasteiger partial charge in [-0.2, -0.15) is 0 Å². The Labute approximate surface area is 89.9 Å². The number of hydrogen-bond acceptors (Lipinski definition) is 2. The highest BCUT2D eigenvalue weighted by atomic mass is 79.9. The summed E-state index contributed by atoms with van der Waals surface area (Å²) in [6, 6.07) is 6.60. The molecular weight excluding hydrogens is 249 g/mol. The Bertz CT molecular complexity index is 367. The van der Waals surface area contributed by atoms with Gasteiger partial charge < -0.3 is 4.84 Å². The molecule has 4 heteroatoms. The minimum atomic E-state index is -0.245. The third-order valence-electron chi connectivity index (χ3n) is 2.09. The lowest BCUT2D eigenvalue weighted by atomic mass is 10.1. The highest BCUT2D eigenvalue weighted by Gasteiger charge is 2.22. The molecule has 1 atom stereocenters. The summed E-state index contributed by atoms with van der Waals surface area (Å²) in [6.45, 7) is 0. The molecule has 1 aromatic rings. The Kier molecular flexibility index (Phi) is 2.82. The van der Waals surface area contributed by atoms with Crippen molar-refractivity contribution >= 4 is 21.6 Å². The molecule has 0 radical (unpaired) electrons. The highest BCUT2D eigenvalue weighted by molar-refractivity contribution is 9.09. The number of hydrogen-bond donors (Lipinski definition) is 0. The number of benzene rings is 1. The van der Waals surface area contributed by atoms with Crippen molar-refractivity contribution in [1.82, 2.24) is 0 Å². The summed E-state index contributed by atoms with van der Waals surface area (Å²) in [7, 11) is 0. The summed E-state index contributed by atoms with van der Waals surface area (Å²) in [5.41, 5.74) is 1.23. The standard InChI is InChI=1S/C10H9BrFNO/c11-6-7-5-10(13-14-7)8-3-1-2-4-9(8)12/h1-4,7H,5-6H2/t7-/m1/s1. The van der Waals surface area contributed by atoms with Gasteiger partial charge in [0.2, 0.25) is 0 Å². The molecule has 1 aromatic carbocycles. The van der Waals surface area contributed by atoms with E-state index in [2.05, 4.69) is 21.1 Å². The number of oxime groups is 1. The van der Waals surface area contributed by atoms with E-state index >= 15 is 0 Å². The maximum atomic E-state index is 13.3. The van der Waals surface area contributed by atoms with Crippen LogP contribution in [0.15, 0.2) is 29.4 Å². The predicted octanol–water partition coefficient (Wildman–Crippen LogP) is 2.71. The van der Waals surface area contributed by atoms with Gasteiger partial charge in [-0.25, -0.2) is 4.39 Å². The van der Waals surface area contributed by atoms with Crippen molar-refractivity contribution in [3.05, 3.63) is 35.6 Å². The van der Waals surface area contributed by atoms with Crippen LogP contribution in [-0.2, 0) is 4.84 Å². The lowest BCUT2D eigenvalue weighted by Gasteiger charge is -2.01. The summed E-state index contributed by atoms with van der Waals surface area (Å²) in [5, 5.41) is 4.58. The average Bonchev–Trinajstić information content (AvgIpc) is 2.67. The van der Waals surface area contributed by atoms with Crippen molar-refractivity contribution in [2.75, 3.05) is 5.33 Å². The Morgan fingerprint density at radius 1 is 1.50 bits per heavy atom. The molecule has 2 nitrogen and oxygen atoms in total. The molecule has 1 aliphatic rings. The third kappa shape index (κ3) is 1.80. The molecule has 1 heterocycles. The van der Waals surface area contributed by atoms with E-state index in [0.29, 0.717) is 23.0 Å². The van der Waals surface area contributed by atoms with Crippen molar-refractivity contribution in [2.24, 2.45) is 5.16 Å². The Hall–Kier alpha value is -0.900. The van der Waals surface area contributed by atoms with Crippen molar-refractivity contribution in [3.63, 3.8) is 0 Å². The molecule has 0 fully saturated rings. The molecule has 2 rings (SSSR count). The molecule has 0 aromatic heterocycles. The van der Waals surface area contributed by atoms with Crippen LogP contribution in [0.4, 0.5) is 4.39 Å². The monoisotopic (exact) mass is 257 g/mol. The second kappa shape index (κ2) is 4.09. The summed E-state index contributed by atoms with van der Waals surface area (Å²) in [6.07, 6.45) is 0.691. The minimum absolute atomic E-state index is 0.0320. The quantitative estimate of drug-likeness (QED) is 0.747. The normalized spacial score (nSPS) is 20.4. The van der Waals surface area contributed by atoms with Gasteiger partial charge in [-0.1, -0.05) is 39.3 Å². The van der Waals surface area contributed by atoms with Crippen LogP contribution in [0.2, 0.25) is 0 Å². The zero-order chi connectivity index (χ0) is 9.97. The van der Waals surface area contributed by atoms with E-state index in [1.807, 2.05) is 0 Å². The van der Waals surface area contributed by atoms with E-state index in [9.17, 15) is 4.39 Å². The SMILES string of the molecule is Fc1ccccc1C1=NO[C@@H](CBr)C1. The first-order chi connectivity index (χ1) is 6.81. The van der Waals surface area contributed by atoms with Gasteiger partial charge in [0, 0.05) is 17.3 Å². The number of rotatable bonds is 2. The highest BCUT2D eigenvalue weighted by Crippen LogP contribution is 2.19. The lowest BCUT2D eigenvalue weighted by molar-refractivity contribution is 0.104. The predicted molar refractivity (Wildman–Crippen MR) is 56.2 cm³/mol. The van der Waals surface area contributed by atoms with Crippen LogP contribution in [-0.4, -0.2) is 17.1 Å². The van der Waals surface area contributed by atoms with Gasteiger partial charge in [-0.05, 0) is 6.07 Å². The maximum Gasteiger partial charge on any atom is 0.142 e. The van der Waals surface area contributed by atoms with Gasteiger partial charge in [0.25, 0.3) is 0 Å². The first-order valence-corrected chi connectivity index (χ1v) is 5.47. The van der Waals surface area contributed by atoms with E-state index in [4.69, 9.17) is 4.84 Å². The van der Waals surface area contributed by atoms with Crippen LogP contribution >= 0.6 is 15.9 Å². The first-order valence-electron chi connectivity index (χ1n) is 4.35. The van der Waals surface area contributed by atoms with Crippen molar-refractivity contribution in [1.29, 1.82) is 0 Å². The molecule has 14 heavy (non-hydrogen) atoms. The van der Waals surface area contributed by atoms with E-state index < -0.39 is 0 Å². The number of alkyl halides is 1. The topological polar surface area (TPSA) is 21.6 Å². The maximum absolute atomic E-state index is 13.3. The zero-order valence-corrected chi connectivity index (χ0v) is 9.00. The summed E-state index contributed by atoms with van der Waals surface area (Å²) in [4.78, 5) is 5.10. The Morgan fingerprint density at radius 2 is 2.29 bits per heavy atom. The van der Waals surface area contributed by atoms with Gasteiger partial charge in [-0.3, -0.25) is 0 Å². The fraction of sp³-hybridized carbons (Fsp3) is 0.300. The molecule has 0 unspecified atom stereocenters. The van der Waals surface area contributed by atoms with Gasteiger partial charge in [-0.15, -0.1) is 0 Å². The van der Waals surface area contributed by atoms with E-state index in [1.54, 1.807) is 18.2 Å². The molecule has 0 bridgehead atoms. The van der Waals surface area contributed by atoms with Gasteiger partial charge in [0.1, 0.15) is 11.9 Å². The molecule has 0 aliphatic carbocycles. The lowest BCUT2D eigenvalue weighted by Crippen LogP contribution is -2.10. The first kappa shape index (κ1) is 9.65. The van der Waals surface area contributed by atoms with Crippen molar-refractivity contribution < 1.29 is 9.23 Å². The number of nitrogens with zero attached hydrogens (tertiary/aromatic N) is 1. The van der Waals surface area contributed by atoms with E-state index in [1.165, 1.54) is 6.07 Å². The van der Waals surface area contributed by atoms with Crippen LogP contribution in [0, 0.1) is 5.82 Å². The number of halogens is 2. The van der Waals surface area contributed by atoms with Crippen LogP contribution in [0.1, 0.15) is 12.0 Å². The van der Waals surface area contributed by atoms with Crippen molar-refractivity contribution in [3.8, 4) is 0 Å². The average molecular weight is 258 g/mol. The van der Waals surface area contributed by atoms with Gasteiger partial charge in [0.05, 0.1) is 5.71 Å². The van der Waals surface area contributed by atoms with Crippen LogP contribution < -0.4 is 0 Å². The summed E-state index contributed by atoms with van der Waals surface area (Å²) in [5.74, 6) is -0.245. The fourth-order valence-corrected chi connectivity index (χ4v) is 1.71. The van der Waals surface area contributed by atoms with Gasteiger partial charge >= 0.3 is 0 Å². The largest absolute Gasteiger partial charge is 0.391 e. The van der Waals surface area contributed by atoms with Crippen LogP contribution in [0.25, 0.3) is 0 Å². The fourth-order valence-electron chi connectivity index (χ4n) is 1.37. The van der Waals surface area contributed by atoms with Crippen molar-refractivity contribution in [2.45, 2.75) is 12.5 Å². The van der Waals surface area contributed by atoms with E-state index in [-0.39, 0.29) is 11.9 Å². The molecule has 0 saturated heterocycles. The van der Waals surface area contributed by atoms with Gasteiger partial charge in [0.15, 0.2) is 0 Å². The molecule has 1 aliphatic heterocycles. The summed E-state index contributed by atoms with van der Waals surface area (Å²) >= 11 is 3.30. The van der Waals surface area contributed by atoms with Crippen LogP contribution in [0.3, 0.4) is 0 Å². The molecule has 0 spiro atoms. The zero-order valence-electron chi connectivity index (χ0n) is 7.41. The second-order valence-corrected chi connectivity index (χ2v) is 3.75. The molecule has 0 amide bonds. The summed E-state index contributed by atoms with van der Waals surface area (Å²) < 4.78 is 13.3. The molecule has 0 saturated carbocycles.